The molecule has 2 aromatic heterocycles. The van der Waals surface area contributed by atoms with Crippen LogP contribution in [0, 0.1) is 0 Å². The molecule has 1 atom stereocenters. The number of nitrogens with one attached hydrogen (secondary N) is 2. The van der Waals surface area contributed by atoms with Gasteiger partial charge in [-0.25, -0.2) is 15.0 Å². The SMILES string of the molecule is O=C(O)C(CSc1ncnc2nc[nH]c12)NC1CC1. The number of aromatic nitrogens is 4. The Kier molecular flexibility index (Phi) is 3.34. The third kappa shape index (κ3) is 2.85. The minimum Gasteiger partial charge on any atom is -0.480 e. The van der Waals surface area contributed by atoms with Crippen molar-refractivity contribution in [1.29, 1.82) is 0 Å². The van der Waals surface area contributed by atoms with Gasteiger partial charge in [0.25, 0.3) is 0 Å². The fourth-order valence-corrected chi connectivity index (χ4v) is 2.72. The van der Waals surface area contributed by atoms with Gasteiger partial charge in [0.1, 0.15) is 22.9 Å². The van der Waals surface area contributed by atoms with Crippen molar-refractivity contribution in [3.05, 3.63) is 12.7 Å². The summed E-state index contributed by atoms with van der Waals surface area (Å²) in [4.78, 5) is 26.4. The van der Waals surface area contributed by atoms with Gasteiger partial charge in [-0.3, -0.25) is 4.79 Å². The summed E-state index contributed by atoms with van der Waals surface area (Å²) in [6, 6.07) is -0.190. The monoisotopic (exact) mass is 279 g/mol. The molecule has 1 aliphatic rings. The number of carboxylic acids is 1. The fourth-order valence-electron chi connectivity index (χ4n) is 1.74. The Balaban J connectivity index is 1.69. The third-order valence-corrected chi connectivity index (χ3v) is 3.97. The number of fused-ring (bicyclic) bond motifs is 1. The van der Waals surface area contributed by atoms with Crippen molar-refractivity contribution in [3.8, 4) is 0 Å². The summed E-state index contributed by atoms with van der Waals surface area (Å²) in [6.45, 7) is 0. The van der Waals surface area contributed by atoms with Crippen molar-refractivity contribution in [2.45, 2.75) is 30.0 Å². The molecule has 0 aliphatic heterocycles. The molecule has 1 unspecified atom stereocenters. The molecular formula is C11H13N5O2S. The van der Waals surface area contributed by atoms with E-state index in [2.05, 4.69) is 25.3 Å². The second-order valence-corrected chi connectivity index (χ2v) is 5.43. The van der Waals surface area contributed by atoms with Gasteiger partial charge in [-0.2, -0.15) is 0 Å². The number of aromatic amines is 1. The predicted molar refractivity (Wildman–Crippen MR) is 70.0 cm³/mol. The Hall–Kier alpha value is -1.67. The Morgan fingerprint density at radius 3 is 3.11 bits per heavy atom. The lowest BCUT2D eigenvalue weighted by molar-refractivity contribution is -0.138. The van der Waals surface area contributed by atoms with E-state index in [1.165, 1.54) is 18.1 Å². The topological polar surface area (TPSA) is 104 Å². The molecule has 1 fully saturated rings. The molecule has 1 aliphatic carbocycles. The molecule has 0 saturated heterocycles. The second-order valence-electron chi connectivity index (χ2n) is 4.42. The number of thioether (sulfide) groups is 1. The molecule has 2 aromatic rings. The summed E-state index contributed by atoms with van der Waals surface area (Å²) in [5.74, 6) is -0.397. The summed E-state index contributed by atoms with van der Waals surface area (Å²) < 4.78 is 0. The molecule has 3 rings (SSSR count). The van der Waals surface area contributed by atoms with Crippen LogP contribution in [0.2, 0.25) is 0 Å². The van der Waals surface area contributed by atoms with Crippen molar-refractivity contribution in [3.63, 3.8) is 0 Å². The quantitative estimate of drug-likeness (QED) is 0.527. The summed E-state index contributed by atoms with van der Waals surface area (Å²) in [7, 11) is 0. The molecule has 0 radical (unpaired) electrons. The minimum absolute atomic E-state index is 0.360. The number of H-pyrrole nitrogens is 1. The molecule has 0 bridgehead atoms. The van der Waals surface area contributed by atoms with E-state index in [1.807, 2.05) is 0 Å². The molecule has 2 heterocycles. The van der Waals surface area contributed by atoms with Gasteiger partial charge in [0.05, 0.1) is 6.33 Å². The summed E-state index contributed by atoms with van der Waals surface area (Å²) in [5.41, 5.74) is 1.35. The number of imidazole rings is 1. The summed E-state index contributed by atoms with van der Waals surface area (Å²) in [5, 5.41) is 13.0. The molecule has 0 aromatic carbocycles. The lowest BCUT2D eigenvalue weighted by Crippen LogP contribution is -2.40. The van der Waals surface area contributed by atoms with Crippen molar-refractivity contribution < 1.29 is 9.90 Å². The van der Waals surface area contributed by atoms with Crippen LogP contribution in [-0.2, 0) is 4.79 Å². The average molecular weight is 279 g/mol. The zero-order valence-corrected chi connectivity index (χ0v) is 10.9. The predicted octanol–water partition coefficient (Wildman–Crippen LogP) is 0.650. The zero-order valence-electron chi connectivity index (χ0n) is 10.0. The number of nitrogens with zero attached hydrogens (tertiary/aromatic N) is 3. The van der Waals surface area contributed by atoms with Crippen molar-refractivity contribution >= 4 is 28.9 Å². The number of carboxylic acid groups (broad SMARTS) is 1. The summed E-state index contributed by atoms with van der Waals surface area (Å²) in [6.07, 6.45) is 5.12. The molecule has 8 heteroatoms. The average Bonchev–Trinajstić information content (AvgIpc) is 3.08. The number of hydrogen-bond acceptors (Lipinski definition) is 6. The van der Waals surface area contributed by atoms with E-state index in [9.17, 15) is 9.90 Å². The largest absolute Gasteiger partial charge is 0.480 e. The zero-order chi connectivity index (χ0) is 13.2. The molecule has 1 saturated carbocycles. The van der Waals surface area contributed by atoms with Crippen LogP contribution >= 0.6 is 11.8 Å². The fraction of sp³-hybridized carbons (Fsp3) is 0.455. The van der Waals surface area contributed by atoms with Gasteiger partial charge in [-0.1, -0.05) is 0 Å². The van der Waals surface area contributed by atoms with Crippen LogP contribution in [0.1, 0.15) is 12.8 Å². The first-order valence-corrected chi connectivity index (χ1v) is 6.98. The van der Waals surface area contributed by atoms with Gasteiger partial charge >= 0.3 is 5.97 Å². The van der Waals surface area contributed by atoms with Crippen LogP contribution in [0.3, 0.4) is 0 Å². The smallest absolute Gasteiger partial charge is 0.321 e. The maximum absolute atomic E-state index is 11.2. The van der Waals surface area contributed by atoms with Crippen LogP contribution in [0.4, 0.5) is 0 Å². The highest BCUT2D eigenvalue weighted by atomic mass is 32.2. The van der Waals surface area contributed by atoms with E-state index in [0.717, 1.165) is 23.4 Å². The number of carbonyl (C=O) groups is 1. The van der Waals surface area contributed by atoms with Crippen LogP contribution < -0.4 is 5.32 Å². The van der Waals surface area contributed by atoms with E-state index in [4.69, 9.17) is 0 Å². The number of aliphatic carboxylic acids is 1. The highest BCUT2D eigenvalue weighted by Gasteiger charge is 2.28. The normalized spacial score (nSPS) is 16.6. The first-order chi connectivity index (χ1) is 9.24. The molecular weight excluding hydrogens is 266 g/mol. The Labute approximate surface area is 113 Å². The van der Waals surface area contributed by atoms with Gasteiger partial charge in [0.2, 0.25) is 0 Å². The van der Waals surface area contributed by atoms with Crippen LogP contribution in [0.25, 0.3) is 11.2 Å². The van der Waals surface area contributed by atoms with E-state index >= 15 is 0 Å². The summed E-state index contributed by atoms with van der Waals surface area (Å²) >= 11 is 1.40. The molecule has 3 N–H and O–H groups in total. The lowest BCUT2D eigenvalue weighted by atomic mass is 10.3. The molecule has 0 amide bonds. The van der Waals surface area contributed by atoms with Gasteiger partial charge in [0, 0.05) is 11.8 Å². The van der Waals surface area contributed by atoms with Crippen LogP contribution in [0.5, 0.6) is 0 Å². The number of rotatable bonds is 6. The van der Waals surface area contributed by atoms with Crippen molar-refractivity contribution in [1.82, 2.24) is 25.3 Å². The van der Waals surface area contributed by atoms with Gasteiger partial charge in [0.15, 0.2) is 5.65 Å². The lowest BCUT2D eigenvalue weighted by Gasteiger charge is -2.13. The first-order valence-electron chi connectivity index (χ1n) is 6.00. The van der Waals surface area contributed by atoms with Gasteiger partial charge in [-0.15, -0.1) is 11.8 Å². The van der Waals surface area contributed by atoms with Gasteiger partial charge < -0.3 is 15.4 Å². The van der Waals surface area contributed by atoms with Crippen LogP contribution in [0.15, 0.2) is 17.7 Å². The molecule has 7 nitrogen and oxygen atoms in total. The Morgan fingerprint density at radius 1 is 1.53 bits per heavy atom. The third-order valence-electron chi connectivity index (χ3n) is 2.89. The standard InChI is InChI=1S/C11H13N5O2S/c17-11(18)7(16-6-1-2-6)3-19-10-8-9(13-4-12-8)14-5-15-10/h4-7,16H,1-3H2,(H,17,18)(H,12,13,14,15). The van der Waals surface area contributed by atoms with Gasteiger partial charge in [-0.05, 0) is 12.8 Å². The minimum atomic E-state index is -0.825. The number of hydrogen-bond donors (Lipinski definition) is 3. The van der Waals surface area contributed by atoms with E-state index in [-0.39, 0.29) is 0 Å². The van der Waals surface area contributed by atoms with E-state index in [1.54, 1.807) is 6.33 Å². The Morgan fingerprint density at radius 2 is 2.37 bits per heavy atom. The highest BCUT2D eigenvalue weighted by molar-refractivity contribution is 7.99. The maximum Gasteiger partial charge on any atom is 0.321 e. The van der Waals surface area contributed by atoms with E-state index < -0.39 is 12.0 Å². The maximum atomic E-state index is 11.2. The second kappa shape index (κ2) is 5.14. The van der Waals surface area contributed by atoms with Crippen molar-refractivity contribution in [2.24, 2.45) is 0 Å². The Bertz CT molecular complexity index is 598. The van der Waals surface area contributed by atoms with E-state index in [0.29, 0.717) is 17.4 Å². The molecule has 0 spiro atoms. The van der Waals surface area contributed by atoms with Crippen molar-refractivity contribution in [2.75, 3.05) is 5.75 Å². The van der Waals surface area contributed by atoms with Crippen LogP contribution in [-0.4, -0.2) is 48.8 Å². The molecule has 100 valence electrons. The highest BCUT2D eigenvalue weighted by Crippen LogP contribution is 2.24. The first kappa shape index (κ1) is 12.4. The molecule has 19 heavy (non-hydrogen) atoms.